The number of nitrogens with two attached hydrogens (primary N) is 1. The molecule has 0 bridgehead atoms. The van der Waals surface area contributed by atoms with E-state index in [1.807, 2.05) is 6.92 Å². The van der Waals surface area contributed by atoms with Crippen LogP contribution in [0.2, 0.25) is 0 Å². The first-order chi connectivity index (χ1) is 7.74. The number of anilines is 1. The second-order valence-corrected chi connectivity index (χ2v) is 4.49. The minimum Gasteiger partial charge on any atom is -0.477 e. The molecule has 1 aromatic heterocycles. The van der Waals surface area contributed by atoms with E-state index in [0.717, 1.165) is 6.61 Å². The lowest BCUT2D eigenvalue weighted by atomic mass is 9.90. The zero-order chi connectivity index (χ0) is 11.4. The van der Waals surface area contributed by atoms with Crippen LogP contribution < -0.4 is 10.5 Å². The lowest BCUT2D eigenvalue weighted by Crippen LogP contribution is -2.16. The molecule has 1 fully saturated rings. The number of aryl methyl sites for hydroxylation is 1. The molecule has 2 rings (SSSR count). The van der Waals surface area contributed by atoms with Gasteiger partial charge in [-0.3, -0.25) is 0 Å². The van der Waals surface area contributed by atoms with E-state index in [0.29, 0.717) is 23.4 Å². The number of hydrogen-bond acceptors (Lipinski definition) is 4. The lowest BCUT2D eigenvalue weighted by molar-refractivity contribution is 0.202. The normalized spacial score (nSPS) is 17.3. The molecule has 0 aliphatic heterocycles. The van der Waals surface area contributed by atoms with Crippen molar-refractivity contribution in [3.63, 3.8) is 0 Å². The van der Waals surface area contributed by atoms with Crippen molar-refractivity contribution in [2.45, 2.75) is 39.0 Å². The standard InChI is InChI=1S/C12H19N3O/c1-9-14-11(13)7-12(15-9)16-8-10-5-3-2-4-6-10/h7,10H,2-6,8H2,1H3,(H2,13,14,15). The molecule has 4 nitrogen and oxygen atoms in total. The maximum Gasteiger partial charge on any atom is 0.218 e. The number of nitrogen functional groups attached to an aromatic ring is 1. The molecule has 16 heavy (non-hydrogen) atoms. The van der Waals surface area contributed by atoms with Crippen LogP contribution in [-0.2, 0) is 0 Å². The molecule has 1 aromatic rings. The van der Waals surface area contributed by atoms with Crippen LogP contribution in [0.3, 0.4) is 0 Å². The minimum atomic E-state index is 0.478. The monoisotopic (exact) mass is 221 g/mol. The first kappa shape index (κ1) is 11.2. The average Bonchev–Trinajstić information content (AvgIpc) is 2.27. The average molecular weight is 221 g/mol. The summed E-state index contributed by atoms with van der Waals surface area (Å²) in [4.78, 5) is 8.22. The van der Waals surface area contributed by atoms with Gasteiger partial charge in [-0.15, -0.1) is 0 Å². The second kappa shape index (κ2) is 5.14. The quantitative estimate of drug-likeness (QED) is 0.851. The summed E-state index contributed by atoms with van der Waals surface area (Å²) in [5.41, 5.74) is 5.64. The molecule has 1 aliphatic rings. The molecule has 0 amide bonds. The predicted octanol–water partition coefficient (Wildman–Crippen LogP) is 2.33. The maximum atomic E-state index is 5.68. The highest BCUT2D eigenvalue weighted by Gasteiger charge is 2.14. The summed E-state index contributed by atoms with van der Waals surface area (Å²) < 4.78 is 5.68. The van der Waals surface area contributed by atoms with Gasteiger partial charge in [0.25, 0.3) is 0 Å². The molecule has 0 unspecified atom stereocenters. The third kappa shape index (κ3) is 3.08. The van der Waals surface area contributed by atoms with Crippen molar-refractivity contribution >= 4 is 5.82 Å². The molecule has 0 spiro atoms. The van der Waals surface area contributed by atoms with E-state index in [1.54, 1.807) is 6.07 Å². The van der Waals surface area contributed by atoms with E-state index in [2.05, 4.69) is 9.97 Å². The summed E-state index contributed by atoms with van der Waals surface area (Å²) >= 11 is 0. The molecule has 1 heterocycles. The van der Waals surface area contributed by atoms with Crippen molar-refractivity contribution in [3.05, 3.63) is 11.9 Å². The lowest BCUT2D eigenvalue weighted by Gasteiger charge is -2.21. The highest BCUT2D eigenvalue weighted by molar-refractivity contribution is 5.32. The van der Waals surface area contributed by atoms with Crippen molar-refractivity contribution in [2.24, 2.45) is 5.92 Å². The molecule has 2 N–H and O–H groups in total. The summed E-state index contributed by atoms with van der Waals surface area (Å²) in [6.07, 6.45) is 6.59. The fraction of sp³-hybridized carbons (Fsp3) is 0.667. The fourth-order valence-corrected chi connectivity index (χ4v) is 2.19. The van der Waals surface area contributed by atoms with E-state index in [4.69, 9.17) is 10.5 Å². The Hall–Kier alpha value is -1.32. The fourth-order valence-electron chi connectivity index (χ4n) is 2.19. The van der Waals surface area contributed by atoms with Crippen molar-refractivity contribution in [3.8, 4) is 5.88 Å². The number of ether oxygens (including phenoxy) is 1. The summed E-state index contributed by atoms with van der Waals surface area (Å²) in [6.45, 7) is 2.58. The Morgan fingerprint density at radius 1 is 1.31 bits per heavy atom. The molecule has 4 heteroatoms. The van der Waals surface area contributed by atoms with Crippen molar-refractivity contribution in [1.29, 1.82) is 0 Å². The van der Waals surface area contributed by atoms with Crippen molar-refractivity contribution in [2.75, 3.05) is 12.3 Å². The zero-order valence-corrected chi connectivity index (χ0v) is 9.78. The Kier molecular flexibility index (Phi) is 3.59. The summed E-state index contributed by atoms with van der Waals surface area (Å²) in [5.74, 6) is 2.44. The van der Waals surface area contributed by atoms with Gasteiger partial charge >= 0.3 is 0 Å². The van der Waals surface area contributed by atoms with E-state index in [9.17, 15) is 0 Å². The molecular weight excluding hydrogens is 202 g/mol. The third-order valence-electron chi connectivity index (χ3n) is 3.03. The Bertz CT molecular complexity index is 328. The Labute approximate surface area is 96.2 Å². The van der Waals surface area contributed by atoms with Gasteiger partial charge in [0.2, 0.25) is 5.88 Å². The van der Waals surface area contributed by atoms with Crippen LogP contribution in [0.1, 0.15) is 37.9 Å². The molecular formula is C12H19N3O. The van der Waals surface area contributed by atoms with Crippen molar-refractivity contribution in [1.82, 2.24) is 9.97 Å². The molecule has 0 radical (unpaired) electrons. The van der Waals surface area contributed by atoms with E-state index >= 15 is 0 Å². The van der Waals surface area contributed by atoms with Crippen LogP contribution in [0.25, 0.3) is 0 Å². The van der Waals surface area contributed by atoms with E-state index in [1.165, 1.54) is 32.1 Å². The molecule has 0 saturated heterocycles. The third-order valence-corrected chi connectivity index (χ3v) is 3.03. The first-order valence-electron chi connectivity index (χ1n) is 5.98. The largest absolute Gasteiger partial charge is 0.477 e. The number of rotatable bonds is 3. The summed E-state index contributed by atoms with van der Waals surface area (Å²) in [5, 5.41) is 0. The van der Waals surface area contributed by atoms with E-state index < -0.39 is 0 Å². The predicted molar refractivity (Wildman–Crippen MR) is 63.3 cm³/mol. The second-order valence-electron chi connectivity index (χ2n) is 4.49. The van der Waals surface area contributed by atoms with Crippen LogP contribution >= 0.6 is 0 Å². The van der Waals surface area contributed by atoms with Gasteiger partial charge in [0, 0.05) is 6.07 Å². The number of aromatic nitrogens is 2. The van der Waals surface area contributed by atoms with Crippen molar-refractivity contribution < 1.29 is 4.74 Å². The minimum absolute atomic E-state index is 0.478. The highest BCUT2D eigenvalue weighted by Crippen LogP contribution is 2.24. The topological polar surface area (TPSA) is 61.0 Å². The highest BCUT2D eigenvalue weighted by atomic mass is 16.5. The zero-order valence-electron chi connectivity index (χ0n) is 9.78. The molecule has 0 aromatic carbocycles. The van der Waals surface area contributed by atoms with Gasteiger partial charge in [-0.05, 0) is 25.7 Å². The molecule has 88 valence electrons. The molecule has 1 aliphatic carbocycles. The summed E-state index contributed by atoms with van der Waals surface area (Å²) in [6, 6.07) is 1.69. The SMILES string of the molecule is Cc1nc(N)cc(OCC2CCCCC2)n1. The van der Waals surface area contributed by atoms with Crippen LogP contribution in [0.4, 0.5) is 5.82 Å². The molecule has 0 atom stereocenters. The van der Waals surface area contributed by atoms with Gasteiger partial charge in [-0.25, -0.2) is 4.98 Å². The number of hydrogen-bond donors (Lipinski definition) is 1. The molecule has 1 saturated carbocycles. The smallest absolute Gasteiger partial charge is 0.218 e. The van der Waals surface area contributed by atoms with Crippen LogP contribution in [-0.4, -0.2) is 16.6 Å². The van der Waals surface area contributed by atoms with Gasteiger partial charge < -0.3 is 10.5 Å². The van der Waals surface area contributed by atoms with Gasteiger partial charge in [0.05, 0.1) is 6.61 Å². The van der Waals surface area contributed by atoms with Crippen LogP contribution in [0.5, 0.6) is 5.88 Å². The summed E-state index contributed by atoms with van der Waals surface area (Å²) in [7, 11) is 0. The van der Waals surface area contributed by atoms with Gasteiger partial charge in [0.1, 0.15) is 11.6 Å². The van der Waals surface area contributed by atoms with Crippen LogP contribution in [0.15, 0.2) is 6.07 Å². The van der Waals surface area contributed by atoms with Gasteiger partial charge in [-0.1, -0.05) is 19.3 Å². The van der Waals surface area contributed by atoms with Gasteiger partial charge in [-0.2, -0.15) is 4.98 Å². The maximum absolute atomic E-state index is 5.68. The van der Waals surface area contributed by atoms with E-state index in [-0.39, 0.29) is 0 Å². The Morgan fingerprint density at radius 3 is 2.75 bits per heavy atom. The van der Waals surface area contributed by atoms with Gasteiger partial charge in [0.15, 0.2) is 0 Å². The Balaban J connectivity index is 1.88. The number of nitrogens with zero attached hydrogens (tertiary/aromatic N) is 2. The first-order valence-corrected chi connectivity index (χ1v) is 5.98. The van der Waals surface area contributed by atoms with Crippen LogP contribution in [0, 0.1) is 12.8 Å². The Morgan fingerprint density at radius 2 is 2.06 bits per heavy atom.